The maximum atomic E-state index is 12.6. The fourth-order valence-electron chi connectivity index (χ4n) is 4.08. The van der Waals surface area contributed by atoms with Crippen LogP contribution in [0.25, 0.3) is 0 Å². The fraction of sp³-hybridized carbons (Fsp3) is 0.400. The van der Waals surface area contributed by atoms with Gasteiger partial charge in [-0.3, -0.25) is 9.59 Å². The number of anilines is 2. The number of carbonyl (C=O) groups is 2. The van der Waals surface area contributed by atoms with Gasteiger partial charge >= 0.3 is 0 Å². The number of carbonyl (C=O) groups excluding carboxylic acids is 2. The van der Waals surface area contributed by atoms with Gasteiger partial charge in [-0.25, -0.2) is 0 Å². The van der Waals surface area contributed by atoms with Gasteiger partial charge in [-0.15, -0.1) is 11.3 Å². The number of hydrogen-bond donors (Lipinski definition) is 3. The molecule has 1 fully saturated rings. The quantitative estimate of drug-likeness (QED) is 0.684. The molecule has 0 atom stereocenters. The minimum absolute atomic E-state index is 0.0615. The lowest BCUT2D eigenvalue weighted by atomic mass is 10.1. The van der Waals surface area contributed by atoms with Crippen molar-refractivity contribution in [2.45, 2.75) is 19.3 Å². The molecular formula is C20H24ClN4O2S+. The standard InChI is InChI=1S/C20H23ClN4O2S/c21-13-3-1-4-14(11-13)25-9-7-24(8-10-25)12-17(26)23-20-18(19(22)27)15-5-2-6-16(15)28-20/h1,3-4,11H,2,5-10,12H2,(H2,22,27)(H,23,26)/p+1. The molecule has 1 saturated heterocycles. The Hall–Kier alpha value is -2.09. The molecule has 28 heavy (non-hydrogen) atoms. The molecule has 2 heterocycles. The van der Waals surface area contributed by atoms with Crippen LogP contribution >= 0.6 is 22.9 Å². The van der Waals surface area contributed by atoms with Crippen molar-refractivity contribution in [1.82, 2.24) is 0 Å². The van der Waals surface area contributed by atoms with Crippen LogP contribution in [0.2, 0.25) is 5.02 Å². The highest BCUT2D eigenvalue weighted by atomic mass is 35.5. The number of nitrogens with one attached hydrogen (secondary N) is 2. The highest BCUT2D eigenvalue weighted by Crippen LogP contribution is 2.38. The number of fused-ring (bicyclic) bond motifs is 1. The van der Waals surface area contributed by atoms with E-state index >= 15 is 0 Å². The summed E-state index contributed by atoms with van der Waals surface area (Å²) in [5, 5.41) is 4.31. The summed E-state index contributed by atoms with van der Waals surface area (Å²) in [6.07, 6.45) is 2.89. The van der Waals surface area contributed by atoms with Crippen molar-refractivity contribution in [2.24, 2.45) is 5.73 Å². The van der Waals surface area contributed by atoms with E-state index in [0.717, 1.165) is 61.7 Å². The third-order valence-electron chi connectivity index (χ3n) is 5.48. The van der Waals surface area contributed by atoms with E-state index < -0.39 is 5.91 Å². The topological polar surface area (TPSA) is 79.9 Å². The molecule has 4 rings (SSSR count). The third-order valence-corrected chi connectivity index (χ3v) is 6.92. The highest BCUT2D eigenvalue weighted by molar-refractivity contribution is 7.17. The summed E-state index contributed by atoms with van der Waals surface area (Å²) in [6.45, 7) is 3.91. The van der Waals surface area contributed by atoms with Crippen molar-refractivity contribution >= 4 is 45.4 Å². The van der Waals surface area contributed by atoms with Crippen molar-refractivity contribution in [3.8, 4) is 0 Å². The SMILES string of the molecule is NC(=O)c1c(NC(=O)C[NH+]2CCN(c3cccc(Cl)c3)CC2)sc2c1CCC2. The van der Waals surface area contributed by atoms with Crippen molar-refractivity contribution in [2.75, 3.05) is 42.9 Å². The van der Waals surface area contributed by atoms with E-state index in [1.807, 2.05) is 18.2 Å². The van der Waals surface area contributed by atoms with E-state index in [1.54, 1.807) is 0 Å². The van der Waals surface area contributed by atoms with Crippen LogP contribution in [0.5, 0.6) is 0 Å². The Labute approximate surface area is 173 Å². The van der Waals surface area contributed by atoms with Gasteiger partial charge in [-0.1, -0.05) is 17.7 Å². The number of piperazine rings is 1. The lowest BCUT2D eigenvalue weighted by Crippen LogP contribution is -3.15. The number of benzene rings is 1. The van der Waals surface area contributed by atoms with E-state index in [4.69, 9.17) is 17.3 Å². The molecule has 1 aromatic carbocycles. The first-order chi connectivity index (χ1) is 13.5. The fourth-order valence-corrected chi connectivity index (χ4v) is 5.58. The van der Waals surface area contributed by atoms with Crippen molar-refractivity contribution in [3.63, 3.8) is 0 Å². The molecule has 1 aliphatic heterocycles. The predicted molar refractivity (Wildman–Crippen MR) is 113 cm³/mol. The zero-order chi connectivity index (χ0) is 19.7. The second-order valence-electron chi connectivity index (χ2n) is 7.37. The van der Waals surface area contributed by atoms with Gasteiger partial charge in [0.05, 0.1) is 31.7 Å². The second kappa shape index (κ2) is 8.11. The van der Waals surface area contributed by atoms with E-state index in [1.165, 1.54) is 21.1 Å². The van der Waals surface area contributed by atoms with Gasteiger partial charge < -0.3 is 20.9 Å². The summed E-state index contributed by atoms with van der Waals surface area (Å²) in [6, 6.07) is 7.86. The average Bonchev–Trinajstić information content (AvgIpc) is 3.22. The molecule has 1 aliphatic carbocycles. The van der Waals surface area contributed by atoms with Gasteiger partial charge in [0.25, 0.3) is 11.8 Å². The number of halogens is 1. The summed E-state index contributed by atoms with van der Waals surface area (Å²) in [5.74, 6) is -0.509. The third kappa shape index (κ3) is 4.01. The maximum absolute atomic E-state index is 12.6. The second-order valence-corrected chi connectivity index (χ2v) is 8.91. The molecule has 0 saturated carbocycles. The minimum Gasteiger partial charge on any atom is -0.365 e. The molecule has 4 N–H and O–H groups in total. The largest absolute Gasteiger partial charge is 0.365 e. The van der Waals surface area contributed by atoms with E-state index in [2.05, 4.69) is 16.3 Å². The monoisotopic (exact) mass is 419 g/mol. The molecule has 2 aliphatic rings. The van der Waals surface area contributed by atoms with Crippen LogP contribution in [0, 0.1) is 0 Å². The summed E-state index contributed by atoms with van der Waals surface area (Å²) >= 11 is 7.59. The van der Waals surface area contributed by atoms with Crippen LogP contribution < -0.4 is 20.9 Å². The van der Waals surface area contributed by atoms with Crippen LogP contribution in [-0.2, 0) is 17.6 Å². The van der Waals surface area contributed by atoms with Crippen LogP contribution in [0.1, 0.15) is 27.2 Å². The summed E-state index contributed by atoms with van der Waals surface area (Å²) in [5.41, 5.74) is 8.25. The highest BCUT2D eigenvalue weighted by Gasteiger charge is 2.28. The summed E-state index contributed by atoms with van der Waals surface area (Å²) < 4.78 is 0. The molecule has 8 heteroatoms. The smallest absolute Gasteiger partial charge is 0.280 e. The number of nitrogens with zero attached hydrogens (tertiary/aromatic N) is 1. The van der Waals surface area contributed by atoms with Gasteiger partial charge in [0, 0.05) is 15.6 Å². The molecule has 0 radical (unpaired) electrons. The summed E-state index contributed by atoms with van der Waals surface area (Å²) in [7, 11) is 0. The van der Waals surface area contributed by atoms with Gasteiger partial charge in [0.15, 0.2) is 6.54 Å². The average molecular weight is 420 g/mol. The number of thiophene rings is 1. The number of primary amides is 1. The normalized spacial score (nSPS) is 16.8. The number of rotatable bonds is 5. The van der Waals surface area contributed by atoms with E-state index in [-0.39, 0.29) is 5.91 Å². The zero-order valence-electron chi connectivity index (χ0n) is 15.6. The molecule has 148 valence electrons. The Bertz CT molecular complexity index is 906. The Morgan fingerprint density at radius 1 is 1.25 bits per heavy atom. The molecule has 0 spiro atoms. The van der Waals surface area contributed by atoms with Crippen LogP contribution in [0.4, 0.5) is 10.7 Å². The molecule has 2 aromatic rings. The Morgan fingerprint density at radius 3 is 2.75 bits per heavy atom. The minimum atomic E-state index is -0.447. The van der Waals surface area contributed by atoms with Crippen molar-refractivity contribution in [1.29, 1.82) is 0 Å². The molecule has 0 bridgehead atoms. The van der Waals surface area contributed by atoms with Crippen LogP contribution in [-0.4, -0.2) is 44.5 Å². The van der Waals surface area contributed by atoms with E-state index in [0.29, 0.717) is 17.1 Å². The molecule has 6 nitrogen and oxygen atoms in total. The van der Waals surface area contributed by atoms with Gasteiger partial charge in [-0.2, -0.15) is 0 Å². The maximum Gasteiger partial charge on any atom is 0.280 e. The zero-order valence-corrected chi connectivity index (χ0v) is 17.2. The number of quaternary nitrogens is 1. The van der Waals surface area contributed by atoms with Gasteiger partial charge in [0.1, 0.15) is 5.00 Å². The van der Waals surface area contributed by atoms with Crippen LogP contribution in [0.15, 0.2) is 24.3 Å². The Balaban J connectivity index is 1.34. The first kappa shape index (κ1) is 19.2. The number of hydrogen-bond acceptors (Lipinski definition) is 4. The molecule has 0 unspecified atom stereocenters. The van der Waals surface area contributed by atoms with Crippen molar-refractivity contribution < 1.29 is 14.5 Å². The first-order valence-electron chi connectivity index (χ1n) is 9.59. The molecule has 2 amide bonds. The number of nitrogens with two attached hydrogens (primary N) is 1. The predicted octanol–water partition coefficient (Wildman–Crippen LogP) is 1.33. The van der Waals surface area contributed by atoms with Gasteiger partial charge in [0.2, 0.25) is 0 Å². The Morgan fingerprint density at radius 2 is 2.04 bits per heavy atom. The van der Waals surface area contributed by atoms with E-state index in [9.17, 15) is 9.59 Å². The van der Waals surface area contributed by atoms with Crippen LogP contribution in [0.3, 0.4) is 0 Å². The van der Waals surface area contributed by atoms with Gasteiger partial charge in [-0.05, 0) is 43.0 Å². The first-order valence-corrected chi connectivity index (χ1v) is 10.8. The summed E-state index contributed by atoms with van der Waals surface area (Å²) in [4.78, 5) is 29.2. The lowest BCUT2D eigenvalue weighted by molar-refractivity contribution is -0.892. The van der Waals surface area contributed by atoms with Crippen molar-refractivity contribution in [3.05, 3.63) is 45.3 Å². The lowest BCUT2D eigenvalue weighted by Gasteiger charge is -2.33. The number of amides is 2. The molecular weight excluding hydrogens is 396 g/mol. The Kier molecular flexibility index (Phi) is 5.57. The molecule has 1 aromatic heterocycles. The number of aryl methyl sites for hydroxylation is 1.